The number of hydrogen-bond donors (Lipinski definition) is 2. The van der Waals surface area contributed by atoms with Gasteiger partial charge in [-0.3, -0.25) is 14.5 Å². The molecule has 0 spiro atoms. The number of rotatable bonds is 2. The van der Waals surface area contributed by atoms with Crippen LogP contribution in [-0.2, 0) is 4.79 Å². The summed E-state index contributed by atoms with van der Waals surface area (Å²) in [7, 11) is 1.73. The predicted molar refractivity (Wildman–Crippen MR) is 68.1 cm³/mol. The molecule has 2 rings (SSSR count). The number of phenols is 1. The molecule has 1 aliphatic rings. The van der Waals surface area contributed by atoms with Crippen LogP contribution in [0.4, 0.5) is 0 Å². The SMILES string of the molecule is CN1CCN(C(=O)c2cccc(O)c2)CC1C(=O)O. The Morgan fingerprint density at radius 1 is 1.32 bits per heavy atom. The van der Waals surface area contributed by atoms with Crippen LogP contribution in [-0.4, -0.2) is 64.6 Å². The van der Waals surface area contributed by atoms with Crippen LogP contribution >= 0.6 is 0 Å². The fraction of sp³-hybridized carbons (Fsp3) is 0.385. The highest BCUT2D eigenvalue weighted by Gasteiger charge is 2.32. The van der Waals surface area contributed by atoms with Gasteiger partial charge >= 0.3 is 5.97 Å². The van der Waals surface area contributed by atoms with E-state index in [2.05, 4.69) is 0 Å². The molecule has 1 saturated heterocycles. The van der Waals surface area contributed by atoms with E-state index in [0.717, 1.165) is 0 Å². The second kappa shape index (κ2) is 5.27. The van der Waals surface area contributed by atoms with E-state index in [1.54, 1.807) is 24.1 Å². The van der Waals surface area contributed by atoms with Crippen molar-refractivity contribution in [1.82, 2.24) is 9.80 Å². The standard InChI is InChI=1S/C13H16N2O4/c1-14-5-6-15(8-11(14)13(18)19)12(17)9-3-2-4-10(16)7-9/h2-4,7,11,16H,5-6,8H2,1H3,(H,18,19). The largest absolute Gasteiger partial charge is 0.508 e. The number of aliphatic carboxylic acids is 1. The molecule has 6 heteroatoms. The molecule has 0 saturated carbocycles. The summed E-state index contributed by atoms with van der Waals surface area (Å²) >= 11 is 0. The first-order chi connectivity index (χ1) is 8.99. The molecule has 1 aliphatic heterocycles. The summed E-state index contributed by atoms with van der Waals surface area (Å²) in [5.74, 6) is -1.17. The van der Waals surface area contributed by atoms with Crippen molar-refractivity contribution in [3.05, 3.63) is 29.8 Å². The number of likely N-dealkylation sites (N-methyl/N-ethyl adjacent to an activating group) is 1. The minimum atomic E-state index is -0.934. The highest BCUT2D eigenvalue weighted by molar-refractivity contribution is 5.95. The number of hydrogen-bond acceptors (Lipinski definition) is 4. The summed E-state index contributed by atoms with van der Waals surface area (Å²) in [6.07, 6.45) is 0. The average Bonchev–Trinajstić information content (AvgIpc) is 2.38. The topological polar surface area (TPSA) is 81.1 Å². The van der Waals surface area contributed by atoms with Crippen molar-refractivity contribution < 1.29 is 19.8 Å². The first kappa shape index (κ1) is 13.4. The van der Waals surface area contributed by atoms with Crippen molar-refractivity contribution >= 4 is 11.9 Å². The monoisotopic (exact) mass is 264 g/mol. The molecule has 1 heterocycles. The fourth-order valence-electron chi connectivity index (χ4n) is 2.15. The van der Waals surface area contributed by atoms with E-state index in [4.69, 9.17) is 5.11 Å². The molecule has 102 valence electrons. The van der Waals surface area contributed by atoms with Crippen LogP contribution in [0.1, 0.15) is 10.4 Å². The number of carboxylic acids is 1. The Kier molecular flexibility index (Phi) is 3.71. The molecule has 1 fully saturated rings. The van der Waals surface area contributed by atoms with Crippen molar-refractivity contribution in [1.29, 1.82) is 0 Å². The van der Waals surface area contributed by atoms with E-state index in [-0.39, 0.29) is 18.2 Å². The van der Waals surface area contributed by atoms with Crippen LogP contribution in [0.25, 0.3) is 0 Å². The Morgan fingerprint density at radius 3 is 2.68 bits per heavy atom. The zero-order valence-corrected chi connectivity index (χ0v) is 10.6. The van der Waals surface area contributed by atoms with Gasteiger partial charge in [-0.25, -0.2) is 0 Å². The minimum absolute atomic E-state index is 0.0229. The lowest BCUT2D eigenvalue weighted by atomic mass is 10.1. The highest BCUT2D eigenvalue weighted by Crippen LogP contribution is 2.16. The zero-order valence-electron chi connectivity index (χ0n) is 10.6. The normalized spacial score (nSPS) is 20.3. The van der Waals surface area contributed by atoms with Gasteiger partial charge in [0.15, 0.2) is 0 Å². The van der Waals surface area contributed by atoms with Crippen molar-refractivity contribution in [2.24, 2.45) is 0 Å². The number of nitrogens with zero attached hydrogens (tertiary/aromatic N) is 2. The first-order valence-electron chi connectivity index (χ1n) is 6.00. The van der Waals surface area contributed by atoms with Crippen LogP contribution in [0, 0.1) is 0 Å². The summed E-state index contributed by atoms with van der Waals surface area (Å²) in [6.45, 7) is 1.15. The average molecular weight is 264 g/mol. The van der Waals surface area contributed by atoms with Gasteiger partial charge in [-0.15, -0.1) is 0 Å². The van der Waals surface area contributed by atoms with E-state index >= 15 is 0 Å². The molecule has 0 aromatic heterocycles. The third-order valence-electron chi connectivity index (χ3n) is 3.31. The maximum atomic E-state index is 12.2. The van der Waals surface area contributed by atoms with E-state index in [9.17, 15) is 14.7 Å². The lowest BCUT2D eigenvalue weighted by Gasteiger charge is -2.37. The summed E-state index contributed by atoms with van der Waals surface area (Å²) in [5, 5.41) is 18.5. The minimum Gasteiger partial charge on any atom is -0.508 e. The summed E-state index contributed by atoms with van der Waals surface area (Å²) in [6, 6.07) is 5.38. The molecule has 0 bridgehead atoms. The van der Waals surface area contributed by atoms with Gasteiger partial charge in [-0.05, 0) is 25.2 Å². The molecule has 1 unspecified atom stereocenters. The third-order valence-corrected chi connectivity index (χ3v) is 3.31. The molecule has 6 nitrogen and oxygen atoms in total. The van der Waals surface area contributed by atoms with Crippen LogP contribution in [0.3, 0.4) is 0 Å². The Balaban J connectivity index is 2.14. The van der Waals surface area contributed by atoms with Crippen molar-refractivity contribution in [2.75, 3.05) is 26.7 Å². The molecule has 0 aliphatic carbocycles. The zero-order chi connectivity index (χ0) is 14.0. The molecule has 1 aromatic rings. The Hall–Kier alpha value is -2.08. The molecular weight excluding hydrogens is 248 g/mol. The number of aromatic hydroxyl groups is 1. The number of benzene rings is 1. The number of carbonyl (C=O) groups is 2. The van der Waals surface area contributed by atoms with Gasteiger partial charge in [0.2, 0.25) is 0 Å². The van der Waals surface area contributed by atoms with Gasteiger partial charge in [-0.1, -0.05) is 6.07 Å². The number of phenolic OH excluding ortho intramolecular Hbond substituents is 1. The number of piperazine rings is 1. The van der Waals surface area contributed by atoms with E-state index in [0.29, 0.717) is 18.7 Å². The second-order valence-corrected chi connectivity index (χ2v) is 4.64. The van der Waals surface area contributed by atoms with E-state index < -0.39 is 12.0 Å². The highest BCUT2D eigenvalue weighted by atomic mass is 16.4. The smallest absolute Gasteiger partial charge is 0.322 e. The van der Waals surface area contributed by atoms with Crippen molar-refractivity contribution in [3.8, 4) is 5.75 Å². The van der Waals surface area contributed by atoms with Gasteiger partial charge in [0, 0.05) is 25.2 Å². The lowest BCUT2D eigenvalue weighted by molar-refractivity contribution is -0.144. The summed E-state index contributed by atoms with van der Waals surface area (Å²) < 4.78 is 0. The summed E-state index contributed by atoms with van der Waals surface area (Å²) in [5.41, 5.74) is 0.369. The Labute approximate surface area is 110 Å². The number of carboxylic acid groups (broad SMARTS) is 1. The molecule has 1 atom stereocenters. The van der Waals surface area contributed by atoms with Gasteiger partial charge in [0.25, 0.3) is 5.91 Å². The van der Waals surface area contributed by atoms with Gasteiger partial charge in [-0.2, -0.15) is 0 Å². The molecular formula is C13H16N2O4. The van der Waals surface area contributed by atoms with Crippen molar-refractivity contribution in [2.45, 2.75) is 6.04 Å². The van der Waals surface area contributed by atoms with Crippen molar-refractivity contribution in [3.63, 3.8) is 0 Å². The molecule has 1 aromatic carbocycles. The number of amides is 1. The molecule has 2 N–H and O–H groups in total. The third kappa shape index (κ3) is 2.85. The summed E-state index contributed by atoms with van der Waals surface area (Å²) in [4.78, 5) is 26.6. The maximum Gasteiger partial charge on any atom is 0.322 e. The van der Waals surface area contributed by atoms with E-state index in [1.165, 1.54) is 17.0 Å². The Morgan fingerprint density at radius 2 is 2.05 bits per heavy atom. The van der Waals surface area contributed by atoms with Gasteiger partial charge in [0.05, 0.1) is 0 Å². The lowest BCUT2D eigenvalue weighted by Crippen LogP contribution is -2.56. The van der Waals surface area contributed by atoms with Gasteiger partial charge in [0.1, 0.15) is 11.8 Å². The van der Waals surface area contributed by atoms with Crippen LogP contribution in [0.15, 0.2) is 24.3 Å². The number of carbonyl (C=O) groups excluding carboxylic acids is 1. The molecule has 19 heavy (non-hydrogen) atoms. The quantitative estimate of drug-likeness (QED) is 0.799. The van der Waals surface area contributed by atoms with Crippen LogP contribution < -0.4 is 0 Å². The molecule has 0 radical (unpaired) electrons. The van der Waals surface area contributed by atoms with Crippen LogP contribution in [0.2, 0.25) is 0 Å². The van der Waals surface area contributed by atoms with Gasteiger partial charge < -0.3 is 15.1 Å². The first-order valence-corrected chi connectivity index (χ1v) is 6.00. The van der Waals surface area contributed by atoms with E-state index in [1.807, 2.05) is 0 Å². The second-order valence-electron chi connectivity index (χ2n) is 4.64. The molecule has 1 amide bonds. The maximum absolute atomic E-state index is 12.2. The fourth-order valence-corrected chi connectivity index (χ4v) is 2.15. The predicted octanol–water partition coefficient (Wildman–Crippen LogP) is 0.233. The Bertz CT molecular complexity index is 503. The van der Waals surface area contributed by atoms with Crippen LogP contribution in [0.5, 0.6) is 5.75 Å².